The summed E-state index contributed by atoms with van der Waals surface area (Å²) in [6.45, 7) is 5.58. The molecule has 8 nitrogen and oxygen atoms in total. The van der Waals surface area contributed by atoms with Gasteiger partial charge < -0.3 is 0 Å². The molecule has 0 saturated carbocycles. The van der Waals surface area contributed by atoms with E-state index in [2.05, 4.69) is 37.1 Å². The number of nitrogens with zero attached hydrogens (tertiary/aromatic N) is 5. The van der Waals surface area contributed by atoms with E-state index in [-0.39, 0.29) is 11.5 Å². The normalized spacial score (nSPS) is 19.3. The fourth-order valence-electron chi connectivity index (χ4n) is 4.56. The number of rotatable bonds is 5. The predicted octanol–water partition coefficient (Wildman–Crippen LogP) is 6.03. The van der Waals surface area contributed by atoms with Crippen LogP contribution in [0.1, 0.15) is 36.5 Å². The van der Waals surface area contributed by atoms with Crippen molar-refractivity contribution in [1.29, 1.82) is 0 Å². The third kappa shape index (κ3) is 4.05. The van der Waals surface area contributed by atoms with E-state index in [9.17, 15) is 14.9 Å². The van der Waals surface area contributed by atoms with Gasteiger partial charge in [-0.15, -0.1) is 0 Å². The largest absolute Gasteiger partial charge is 0.294 e. The second-order valence-corrected chi connectivity index (χ2v) is 10.1. The van der Waals surface area contributed by atoms with Crippen LogP contribution in [0.3, 0.4) is 0 Å². The van der Waals surface area contributed by atoms with Gasteiger partial charge in [0.25, 0.3) is 5.69 Å². The lowest BCUT2D eigenvalue weighted by Crippen LogP contribution is -2.56. The highest BCUT2D eigenvalue weighted by atomic mass is 32.2. The molecule has 2 heterocycles. The average molecular weight is 500 g/mol. The molecule has 5 rings (SSSR count). The molecule has 3 aromatic carbocycles. The van der Waals surface area contributed by atoms with Crippen LogP contribution in [0.15, 0.2) is 83.0 Å². The van der Waals surface area contributed by atoms with E-state index in [1.807, 2.05) is 35.3 Å². The van der Waals surface area contributed by atoms with Gasteiger partial charge in [-0.1, -0.05) is 48.0 Å². The van der Waals surface area contributed by atoms with E-state index in [0.717, 1.165) is 28.1 Å². The summed E-state index contributed by atoms with van der Waals surface area (Å²) < 4.78 is 0. The minimum absolute atomic E-state index is 0.0802. The summed E-state index contributed by atoms with van der Waals surface area (Å²) in [4.78, 5) is 23.0. The van der Waals surface area contributed by atoms with Crippen molar-refractivity contribution in [3.63, 3.8) is 0 Å². The van der Waals surface area contributed by atoms with Crippen molar-refractivity contribution in [2.24, 2.45) is 10.2 Å². The number of nitro benzene ring substituents is 1. The first kappa shape index (κ1) is 23.7. The number of hydrogen-bond acceptors (Lipinski definition) is 8. The Bertz CT molecular complexity index is 1420. The number of hydrogen-bond donors (Lipinski definition) is 0. The Kier molecular flexibility index (Phi) is 6.09. The van der Waals surface area contributed by atoms with Crippen LogP contribution in [0.5, 0.6) is 0 Å². The first-order valence-corrected chi connectivity index (χ1v) is 12.4. The number of carbonyl (C=O) groups excluding carboxylic acids is 1. The van der Waals surface area contributed by atoms with Crippen molar-refractivity contribution in [1.82, 2.24) is 0 Å². The number of aryl methyl sites for hydroxylation is 2. The second-order valence-electron chi connectivity index (χ2n) is 8.88. The molecule has 9 heteroatoms. The number of thioether (sulfide) groups is 1. The molecule has 0 bridgehead atoms. The summed E-state index contributed by atoms with van der Waals surface area (Å²) in [7, 11) is 0. The Hall–Kier alpha value is -3.98. The number of para-hydroxylation sites is 3. The number of Topliss-reactive ketones (excluding diaryl/α,β-unsaturated/α-hetero) is 1. The molecule has 1 atom stereocenters. The van der Waals surface area contributed by atoms with Gasteiger partial charge in [-0.05, 0) is 61.9 Å². The molecule has 0 unspecified atom stereocenters. The molecule has 3 aromatic rings. The zero-order valence-corrected chi connectivity index (χ0v) is 21.0. The van der Waals surface area contributed by atoms with E-state index in [1.165, 1.54) is 24.8 Å². The summed E-state index contributed by atoms with van der Waals surface area (Å²) in [5, 5.41) is 25.5. The van der Waals surface area contributed by atoms with Crippen LogP contribution in [-0.4, -0.2) is 26.5 Å². The highest BCUT2D eigenvalue weighted by Gasteiger charge is 2.54. The molecule has 0 N–H and O–H groups in total. The standard InChI is InChI=1S/C27H25N5O3S/c1-18-13-14-19(2)22(17-18)23-15-16-27(30(28-23)21-9-5-4-6-10-21)31(29-26(36-27)20(3)33)24-11-7-8-12-25(24)32(34)35/h4-14,17H,15-16H2,1-3H3/t27-/m1/s1. The van der Waals surface area contributed by atoms with Crippen LogP contribution < -0.4 is 10.0 Å². The lowest BCUT2D eigenvalue weighted by molar-refractivity contribution is -0.384. The average Bonchev–Trinajstić information content (AvgIpc) is 3.26. The summed E-state index contributed by atoms with van der Waals surface area (Å²) in [5.74, 6) is -0.197. The Morgan fingerprint density at radius 3 is 2.44 bits per heavy atom. The summed E-state index contributed by atoms with van der Waals surface area (Å²) in [6, 6.07) is 22.4. The van der Waals surface area contributed by atoms with Crippen LogP contribution in [-0.2, 0) is 4.79 Å². The highest BCUT2D eigenvalue weighted by molar-refractivity contribution is 8.17. The molecule has 2 aliphatic heterocycles. The minimum Gasteiger partial charge on any atom is -0.292 e. The molecule has 0 fully saturated rings. The zero-order chi connectivity index (χ0) is 25.4. The van der Waals surface area contributed by atoms with Gasteiger partial charge in [-0.2, -0.15) is 10.2 Å². The van der Waals surface area contributed by atoms with Crippen LogP contribution in [0.2, 0.25) is 0 Å². The van der Waals surface area contributed by atoms with Crippen LogP contribution in [0.4, 0.5) is 17.1 Å². The number of hydrazone groups is 2. The molecule has 0 saturated heterocycles. The molecule has 36 heavy (non-hydrogen) atoms. The highest BCUT2D eigenvalue weighted by Crippen LogP contribution is 2.51. The first-order valence-electron chi connectivity index (χ1n) is 11.6. The Balaban J connectivity index is 1.72. The van der Waals surface area contributed by atoms with Gasteiger partial charge in [-0.3, -0.25) is 14.9 Å². The molecule has 0 radical (unpaired) electrons. The van der Waals surface area contributed by atoms with Crippen molar-refractivity contribution in [3.05, 3.63) is 99.6 Å². The van der Waals surface area contributed by atoms with Crippen molar-refractivity contribution >= 4 is 45.4 Å². The predicted molar refractivity (Wildman–Crippen MR) is 145 cm³/mol. The number of anilines is 2. The number of benzene rings is 3. The Morgan fingerprint density at radius 1 is 1.00 bits per heavy atom. The number of ketones is 1. The first-order chi connectivity index (χ1) is 17.3. The maximum absolute atomic E-state index is 12.5. The monoisotopic (exact) mass is 499 g/mol. The lowest BCUT2D eigenvalue weighted by atomic mass is 9.96. The molecular formula is C27H25N5O3S. The third-order valence-electron chi connectivity index (χ3n) is 6.33. The van der Waals surface area contributed by atoms with Crippen molar-refractivity contribution in [3.8, 4) is 0 Å². The minimum atomic E-state index is -0.990. The van der Waals surface area contributed by atoms with Crippen LogP contribution in [0.25, 0.3) is 0 Å². The topological polar surface area (TPSA) is 91.4 Å². The SMILES string of the molecule is CC(=O)C1=NN(c2ccccc2[N+](=O)[O-])[C@]2(CCC(c3cc(C)ccc3C)=NN2c2ccccc2)S1. The molecule has 2 aliphatic rings. The van der Waals surface area contributed by atoms with Gasteiger partial charge in [0, 0.05) is 25.0 Å². The van der Waals surface area contributed by atoms with Gasteiger partial charge in [0.15, 0.2) is 10.8 Å². The van der Waals surface area contributed by atoms with E-state index in [0.29, 0.717) is 23.6 Å². The summed E-state index contributed by atoms with van der Waals surface area (Å²) in [6.07, 6.45) is 1.14. The zero-order valence-electron chi connectivity index (χ0n) is 20.2. The molecule has 182 valence electrons. The van der Waals surface area contributed by atoms with E-state index >= 15 is 0 Å². The van der Waals surface area contributed by atoms with Crippen molar-refractivity contribution in [2.45, 2.75) is 38.6 Å². The van der Waals surface area contributed by atoms with Crippen molar-refractivity contribution < 1.29 is 9.72 Å². The third-order valence-corrected chi connectivity index (χ3v) is 7.77. The summed E-state index contributed by atoms with van der Waals surface area (Å²) in [5.41, 5.74) is 5.29. The Labute approximate surface area is 213 Å². The van der Waals surface area contributed by atoms with E-state index in [1.54, 1.807) is 23.2 Å². The Morgan fingerprint density at radius 2 is 1.72 bits per heavy atom. The van der Waals surface area contributed by atoms with Gasteiger partial charge in [-0.25, -0.2) is 10.0 Å². The van der Waals surface area contributed by atoms with Crippen LogP contribution in [0, 0.1) is 24.0 Å². The maximum Gasteiger partial charge on any atom is 0.294 e. The molecule has 0 amide bonds. The van der Waals surface area contributed by atoms with E-state index < -0.39 is 9.92 Å². The fourth-order valence-corrected chi connectivity index (χ4v) is 5.80. The second kappa shape index (κ2) is 9.23. The number of nitro groups is 1. The number of carbonyl (C=O) groups is 1. The fraction of sp³-hybridized carbons (Fsp3) is 0.222. The van der Waals surface area contributed by atoms with Gasteiger partial charge >= 0.3 is 0 Å². The van der Waals surface area contributed by atoms with E-state index in [4.69, 9.17) is 5.10 Å². The molecule has 0 aromatic heterocycles. The molecule has 1 spiro atoms. The molecular weight excluding hydrogens is 474 g/mol. The van der Waals surface area contributed by atoms with Gasteiger partial charge in [0.05, 0.1) is 16.3 Å². The van der Waals surface area contributed by atoms with Gasteiger partial charge in [0.1, 0.15) is 5.69 Å². The smallest absolute Gasteiger partial charge is 0.292 e. The lowest BCUT2D eigenvalue weighted by Gasteiger charge is -2.46. The quantitative estimate of drug-likeness (QED) is 0.315. The van der Waals surface area contributed by atoms with Gasteiger partial charge in [0.2, 0.25) is 4.99 Å². The maximum atomic E-state index is 12.5. The van der Waals surface area contributed by atoms with Crippen molar-refractivity contribution in [2.75, 3.05) is 10.0 Å². The molecule has 0 aliphatic carbocycles. The summed E-state index contributed by atoms with van der Waals surface area (Å²) >= 11 is 1.30. The van der Waals surface area contributed by atoms with Crippen LogP contribution >= 0.6 is 11.8 Å².